The first-order valence-corrected chi connectivity index (χ1v) is 3.79. The number of aliphatic imine (C=N–C) groups is 1. The van der Waals surface area contributed by atoms with Crippen molar-refractivity contribution in [1.82, 2.24) is 9.97 Å². The fourth-order valence-corrected chi connectivity index (χ4v) is 1.14. The van der Waals surface area contributed by atoms with Gasteiger partial charge in [-0.1, -0.05) is 0 Å². The highest BCUT2D eigenvalue weighted by atomic mass is 16.1. The van der Waals surface area contributed by atoms with E-state index in [2.05, 4.69) is 15.0 Å². The van der Waals surface area contributed by atoms with E-state index in [9.17, 15) is 4.79 Å². The van der Waals surface area contributed by atoms with Crippen molar-refractivity contribution < 1.29 is 4.79 Å². The van der Waals surface area contributed by atoms with Crippen LogP contribution in [0.3, 0.4) is 0 Å². The Morgan fingerprint density at radius 3 is 3.08 bits per heavy atom. The van der Waals surface area contributed by atoms with Crippen molar-refractivity contribution in [3.8, 4) is 0 Å². The second kappa shape index (κ2) is 2.83. The molecule has 0 bridgehead atoms. The fourth-order valence-electron chi connectivity index (χ4n) is 1.14. The Hall–Kier alpha value is -1.54. The lowest BCUT2D eigenvalue weighted by molar-refractivity contribution is 0.565. The van der Waals surface area contributed by atoms with Crippen molar-refractivity contribution in [2.24, 2.45) is 4.99 Å². The molecule has 0 saturated heterocycles. The zero-order valence-corrected chi connectivity index (χ0v) is 6.40. The van der Waals surface area contributed by atoms with Gasteiger partial charge >= 0.3 is 0 Å². The first-order chi connectivity index (χ1) is 5.92. The molecule has 0 spiro atoms. The van der Waals surface area contributed by atoms with Gasteiger partial charge in [-0.2, -0.15) is 4.99 Å². The Morgan fingerprint density at radius 1 is 1.58 bits per heavy atom. The molecule has 1 fully saturated rings. The standard InChI is InChI=1S/C8H7N3O/c12-5-11-7-3-9-4-10-8(7)6-1-2-6/h3-4,6H,1-2H2. The molecular formula is C8H7N3O. The number of isocyanates is 1. The molecule has 1 saturated carbocycles. The highest BCUT2D eigenvalue weighted by Crippen LogP contribution is 2.42. The molecule has 2 rings (SSSR count). The van der Waals surface area contributed by atoms with Gasteiger partial charge in [0, 0.05) is 5.92 Å². The molecule has 1 aromatic heterocycles. The molecule has 1 aliphatic rings. The van der Waals surface area contributed by atoms with Gasteiger partial charge in [0.05, 0.1) is 11.9 Å². The second-order valence-electron chi connectivity index (χ2n) is 2.77. The van der Waals surface area contributed by atoms with E-state index in [0.717, 1.165) is 18.5 Å². The van der Waals surface area contributed by atoms with E-state index >= 15 is 0 Å². The summed E-state index contributed by atoms with van der Waals surface area (Å²) < 4.78 is 0. The topological polar surface area (TPSA) is 55.2 Å². The minimum Gasteiger partial charge on any atom is -0.243 e. The summed E-state index contributed by atoms with van der Waals surface area (Å²) in [6.07, 6.45) is 6.81. The van der Waals surface area contributed by atoms with Crippen molar-refractivity contribution in [1.29, 1.82) is 0 Å². The molecule has 4 heteroatoms. The average molecular weight is 161 g/mol. The maximum Gasteiger partial charge on any atom is 0.240 e. The lowest BCUT2D eigenvalue weighted by Gasteiger charge is -1.97. The Kier molecular flexibility index (Phi) is 1.68. The highest BCUT2D eigenvalue weighted by Gasteiger charge is 2.27. The molecule has 0 aliphatic heterocycles. The molecule has 0 N–H and O–H groups in total. The SMILES string of the molecule is O=C=Nc1cncnc1C1CC1. The Balaban J connectivity index is 2.42. The van der Waals surface area contributed by atoms with Gasteiger partial charge in [-0.3, -0.25) is 0 Å². The van der Waals surface area contributed by atoms with E-state index in [1.54, 1.807) is 6.20 Å². The molecule has 0 aromatic carbocycles. The first kappa shape index (κ1) is 7.13. The zero-order valence-electron chi connectivity index (χ0n) is 6.40. The van der Waals surface area contributed by atoms with E-state index in [0.29, 0.717) is 11.6 Å². The maximum absolute atomic E-state index is 10.0. The zero-order chi connectivity index (χ0) is 8.39. The van der Waals surface area contributed by atoms with Crippen molar-refractivity contribution in [3.63, 3.8) is 0 Å². The molecule has 0 amide bonds. The van der Waals surface area contributed by atoms with Gasteiger partial charge in [0.1, 0.15) is 12.0 Å². The number of nitrogens with zero attached hydrogens (tertiary/aromatic N) is 3. The van der Waals surface area contributed by atoms with Gasteiger partial charge in [-0.05, 0) is 12.8 Å². The molecule has 1 aromatic rings. The van der Waals surface area contributed by atoms with Crippen LogP contribution in [0.1, 0.15) is 24.5 Å². The van der Waals surface area contributed by atoms with Gasteiger partial charge in [0.2, 0.25) is 6.08 Å². The predicted octanol–water partition coefficient (Wildman–Crippen LogP) is 1.32. The van der Waals surface area contributed by atoms with Crippen LogP contribution in [0.4, 0.5) is 5.69 Å². The summed E-state index contributed by atoms with van der Waals surface area (Å²) in [5, 5.41) is 0. The molecule has 0 radical (unpaired) electrons. The number of hydrogen-bond donors (Lipinski definition) is 0. The summed E-state index contributed by atoms with van der Waals surface area (Å²) >= 11 is 0. The number of carbonyl (C=O) groups excluding carboxylic acids is 1. The summed E-state index contributed by atoms with van der Waals surface area (Å²) in [6, 6.07) is 0. The normalized spacial score (nSPS) is 15.3. The molecule has 0 atom stereocenters. The molecule has 1 aliphatic carbocycles. The Morgan fingerprint density at radius 2 is 2.42 bits per heavy atom. The molecule has 1 heterocycles. The summed E-state index contributed by atoms with van der Waals surface area (Å²) in [4.78, 5) is 21.4. The first-order valence-electron chi connectivity index (χ1n) is 3.79. The fraction of sp³-hybridized carbons (Fsp3) is 0.375. The van der Waals surface area contributed by atoms with Crippen LogP contribution in [0.5, 0.6) is 0 Å². The average Bonchev–Trinajstić information content (AvgIpc) is 2.89. The quantitative estimate of drug-likeness (QED) is 0.485. The minimum atomic E-state index is 0.486. The minimum absolute atomic E-state index is 0.486. The summed E-state index contributed by atoms with van der Waals surface area (Å²) in [5.41, 5.74) is 1.45. The monoisotopic (exact) mass is 161 g/mol. The number of hydrogen-bond acceptors (Lipinski definition) is 4. The van der Waals surface area contributed by atoms with Crippen molar-refractivity contribution in [2.45, 2.75) is 18.8 Å². The Labute approximate surface area is 69.4 Å². The Bertz CT molecular complexity index is 340. The maximum atomic E-state index is 10.0. The van der Waals surface area contributed by atoms with E-state index in [-0.39, 0.29) is 0 Å². The number of aromatic nitrogens is 2. The molecule has 0 unspecified atom stereocenters. The third-order valence-corrected chi connectivity index (χ3v) is 1.85. The largest absolute Gasteiger partial charge is 0.243 e. The van der Waals surface area contributed by atoms with Crippen LogP contribution >= 0.6 is 0 Å². The van der Waals surface area contributed by atoms with E-state index in [1.165, 1.54) is 12.4 Å². The van der Waals surface area contributed by atoms with Gasteiger partial charge in [0.15, 0.2) is 0 Å². The van der Waals surface area contributed by atoms with Crippen LogP contribution < -0.4 is 0 Å². The van der Waals surface area contributed by atoms with Crippen LogP contribution in [0.2, 0.25) is 0 Å². The highest BCUT2D eigenvalue weighted by molar-refractivity contribution is 5.51. The van der Waals surface area contributed by atoms with Crippen LogP contribution in [-0.2, 0) is 4.79 Å². The molecule has 60 valence electrons. The van der Waals surface area contributed by atoms with Crippen molar-refractivity contribution in [2.75, 3.05) is 0 Å². The van der Waals surface area contributed by atoms with E-state index in [4.69, 9.17) is 0 Å². The van der Waals surface area contributed by atoms with Crippen LogP contribution in [0.15, 0.2) is 17.5 Å². The van der Waals surface area contributed by atoms with E-state index < -0.39 is 0 Å². The summed E-state index contributed by atoms with van der Waals surface area (Å²) in [7, 11) is 0. The van der Waals surface area contributed by atoms with Gasteiger partial charge in [0.25, 0.3) is 0 Å². The smallest absolute Gasteiger partial charge is 0.240 e. The third-order valence-electron chi connectivity index (χ3n) is 1.85. The van der Waals surface area contributed by atoms with Crippen molar-refractivity contribution >= 4 is 11.8 Å². The molecular weight excluding hydrogens is 154 g/mol. The van der Waals surface area contributed by atoms with Crippen LogP contribution in [-0.4, -0.2) is 16.0 Å². The van der Waals surface area contributed by atoms with Crippen LogP contribution in [0.25, 0.3) is 0 Å². The predicted molar refractivity (Wildman–Crippen MR) is 41.8 cm³/mol. The van der Waals surface area contributed by atoms with Crippen LogP contribution in [0, 0.1) is 0 Å². The lowest BCUT2D eigenvalue weighted by atomic mass is 10.2. The number of rotatable bonds is 2. The molecule has 12 heavy (non-hydrogen) atoms. The van der Waals surface area contributed by atoms with Crippen molar-refractivity contribution in [3.05, 3.63) is 18.2 Å². The van der Waals surface area contributed by atoms with Gasteiger partial charge in [-0.25, -0.2) is 14.8 Å². The molecule has 4 nitrogen and oxygen atoms in total. The summed E-state index contributed by atoms with van der Waals surface area (Å²) in [5.74, 6) is 0.486. The third kappa shape index (κ3) is 1.24. The second-order valence-corrected chi connectivity index (χ2v) is 2.77. The summed E-state index contributed by atoms with van der Waals surface area (Å²) in [6.45, 7) is 0. The van der Waals surface area contributed by atoms with E-state index in [1.807, 2.05) is 0 Å². The van der Waals surface area contributed by atoms with Gasteiger partial charge in [-0.15, -0.1) is 0 Å². The lowest BCUT2D eigenvalue weighted by Crippen LogP contribution is -1.87. The van der Waals surface area contributed by atoms with Gasteiger partial charge < -0.3 is 0 Å².